The molecule has 2 N–H and O–H groups in total. The summed E-state index contributed by atoms with van der Waals surface area (Å²) in [5.41, 5.74) is 7.31. The predicted molar refractivity (Wildman–Crippen MR) is 88.6 cm³/mol. The molecule has 21 heavy (non-hydrogen) atoms. The molecule has 1 aliphatic heterocycles. The summed E-state index contributed by atoms with van der Waals surface area (Å²) in [5.74, 6) is 0.996. The molecule has 2 rings (SSSR count). The number of ether oxygens (including phenoxy) is 1. The van der Waals surface area contributed by atoms with E-state index in [4.69, 9.17) is 10.5 Å². The van der Waals surface area contributed by atoms with Crippen molar-refractivity contribution in [3.05, 3.63) is 29.8 Å². The average Bonchev–Trinajstić information content (AvgIpc) is 2.51. The summed E-state index contributed by atoms with van der Waals surface area (Å²) in [5, 5.41) is 0. The first-order valence-corrected chi connectivity index (χ1v) is 8.47. The molecule has 118 valence electrons. The molecule has 0 radical (unpaired) electrons. The Balaban J connectivity index is 1.69. The van der Waals surface area contributed by atoms with Gasteiger partial charge < -0.3 is 10.5 Å². The van der Waals surface area contributed by atoms with Gasteiger partial charge in [-0.1, -0.05) is 38.3 Å². The third-order valence-corrected chi connectivity index (χ3v) is 4.23. The maximum atomic E-state index is 5.94. The smallest absolute Gasteiger partial charge is 0.119 e. The van der Waals surface area contributed by atoms with E-state index >= 15 is 0 Å². The minimum Gasteiger partial charge on any atom is -0.494 e. The van der Waals surface area contributed by atoms with Crippen LogP contribution in [0.3, 0.4) is 0 Å². The quantitative estimate of drug-likeness (QED) is 0.744. The summed E-state index contributed by atoms with van der Waals surface area (Å²) in [4.78, 5) is 2.49. The Hall–Kier alpha value is -1.06. The van der Waals surface area contributed by atoms with Crippen molar-refractivity contribution < 1.29 is 4.74 Å². The first-order valence-electron chi connectivity index (χ1n) is 8.47. The van der Waals surface area contributed by atoms with Crippen LogP contribution in [0.1, 0.15) is 51.0 Å². The van der Waals surface area contributed by atoms with Gasteiger partial charge in [0.1, 0.15) is 5.75 Å². The zero-order valence-corrected chi connectivity index (χ0v) is 13.4. The van der Waals surface area contributed by atoms with E-state index in [1.807, 2.05) is 0 Å². The lowest BCUT2D eigenvalue weighted by Gasteiger charge is -2.30. The van der Waals surface area contributed by atoms with Gasteiger partial charge in [0.25, 0.3) is 0 Å². The summed E-state index contributed by atoms with van der Waals surface area (Å²) < 4.78 is 5.78. The highest BCUT2D eigenvalue weighted by atomic mass is 16.5. The van der Waals surface area contributed by atoms with Gasteiger partial charge in [0.2, 0.25) is 0 Å². The monoisotopic (exact) mass is 290 g/mol. The van der Waals surface area contributed by atoms with Crippen LogP contribution >= 0.6 is 0 Å². The molecule has 0 aromatic heterocycles. The molecule has 0 atom stereocenters. The zero-order valence-electron chi connectivity index (χ0n) is 13.4. The van der Waals surface area contributed by atoms with Crippen molar-refractivity contribution >= 4 is 0 Å². The molecule has 1 heterocycles. The van der Waals surface area contributed by atoms with Crippen LogP contribution in [0.25, 0.3) is 0 Å². The first-order chi connectivity index (χ1) is 10.3. The van der Waals surface area contributed by atoms with Gasteiger partial charge in [0, 0.05) is 12.6 Å². The summed E-state index contributed by atoms with van der Waals surface area (Å²) in [7, 11) is 0. The number of unbranched alkanes of at least 4 members (excludes halogenated alkanes) is 3. The van der Waals surface area contributed by atoms with E-state index in [2.05, 4.69) is 36.1 Å². The van der Waals surface area contributed by atoms with Crippen LogP contribution in [0.15, 0.2) is 24.3 Å². The second kappa shape index (κ2) is 9.06. The van der Waals surface area contributed by atoms with Gasteiger partial charge in [-0.3, -0.25) is 4.90 Å². The number of benzene rings is 1. The fourth-order valence-electron chi connectivity index (χ4n) is 2.78. The fourth-order valence-corrected chi connectivity index (χ4v) is 2.78. The molecule has 0 unspecified atom stereocenters. The zero-order chi connectivity index (χ0) is 14.9. The lowest BCUT2D eigenvalue weighted by molar-refractivity contribution is 0.205. The molecular weight excluding hydrogens is 260 g/mol. The molecule has 3 nitrogen and oxygen atoms in total. The van der Waals surface area contributed by atoms with Crippen LogP contribution in [0.4, 0.5) is 0 Å². The van der Waals surface area contributed by atoms with Crippen molar-refractivity contribution in [3.8, 4) is 5.75 Å². The second-order valence-electron chi connectivity index (χ2n) is 6.17. The van der Waals surface area contributed by atoms with E-state index in [-0.39, 0.29) is 0 Å². The molecule has 0 amide bonds. The Kier molecular flexibility index (Phi) is 7.04. The Labute approximate surface area is 129 Å². The highest BCUT2D eigenvalue weighted by molar-refractivity contribution is 5.27. The van der Waals surface area contributed by atoms with Gasteiger partial charge in [-0.2, -0.15) is 0 Å². The molecule has 0 bridgehead atoms. The summed E-state index contributed by atoms with van der Waals surface area (Å²) in [6.45, 7) is 6.34. The van der Waals surface area contributed by atoms with Crippen molar-refractivity contribution in [3.63, 3.8) is 0 Å². The Morgan fingerprint density at radius 3 is 2.48 bits per heavy atom. The minimum atomic E-state index is 0.407. The van der Waals surface area contributed by atoms with Gasteiger partial charge in [0.15, 0.2) is 0 Å². The maximum Gasteiger partial charge on any atom is 0.119 e. The SMILES string of the molecule is CCCCCCOc1ccc(CN2CCC(N)CC2)cc1. The van der Waals surface area contributed by atoms with Crippen LogP contribution in [0.5, 0.6) is 5.75 Å². The molecule has 3 heteroatoms. The largest absolute Gasteiger partial charge is 0.494 e. The number of nitrogens with zero attached hydrogens (tertiary/aromatic N) is 1. The van der Waals surface area contributed by atoms with Crippen molar-refractivity contribution in [1.29, 1.82) is 0 Å². The van der Waals surface area contributed by atoms with Crippen molar-refractivity contribution in [2.24, 2.45) is 5.73 Å². The van der Waals surface area contributed by atoms with Crippen LogP contribution < -0.4 is 10.5 Å². The minimum absolute atomic E-state index is 0.407. The molecule has 1 aromatic carbocycles. The topological polar surface area (TPSA) is 38.5 Å². The summed E-state index contributed by atoms with van der Waals surface area (Å²) >= 11 is 0. The van der Waals surface area contributed by atoms with E-state index < -0.39 is 0 Å². The number of hydrogen-bond acceptors (Lipinski definition) is 3. The number of likely N-dealkylation sites (tertiary alicyclic amines) is 1. The number of rotatable bonds is 8. The van der Waals surface area contributed by atoms with Crippen LogP contribution in [0.2, 0.25) is 0 Å². The molecule has 1 aromatic rings. The number of nitrogens with two attached hydrogens (primary N) is 1. The third-order valence-electron chi connectivity index (χ3n) is 4.23. The van der Waals surface area contributed by atoms with E-state index in [1.54, 1.807) is 0 Å². The molecule has 0 spiro atoms. The van der Waals surface area contributed by atoms with E-state index in [9.17, 15) is 0 Å². The Bertz CT molecular complexity index is 383. The second-order valence-corrected chi connectivity index (χ2v) is 6.17. The molecule has 1 aliphatic rings. The molecule has 1 fully saturated rings. The van der Waals surface area contributed by atoms with Crippen molar-refractivity contribution in [2.75, 3.05) is 19.7 Å². The standard InChI is InChI=1S/C18H30N2O/c1-2-3-4-5-14-21-18-8-6-16(7-9-18)15-20-12-10-17(19)11-13-20/h6-9,17H,2-5,10-15,19H2,1H3. The Morgan fingerprint density at radius 2 is 1.81 bits per heavy atom. The summed E-state index contributed by atoms with van der Waals surface area (Å²) in [6.07, 6.45) is 7.26. The van der Waals surface area contributed by atoms with E-state index in [0.717, 1.165) is 51.3 Å². The molecule has 0 saturated carbocycles. The highest BCUT2D eigenvalue weighted by Gasteiger charge is 2.15. The Morgan fingerprint density at radius 1 is 1.10 bits per heavy atom. The predicted octanol–water partition coefficient (Wildman–Crippen LogP) is 3.57. The van der Waals surface area contributed by atoms with Crippen molar-refractivity contribution in [2.45, 2.75) is 58.0 Å². The van der Waals surface area contributed by atoms with Gasteiger partial charge >= 0.3 is 0 Å². The normalized spacial score (nSPS) is 17.0. The lowest BCUT2D eigenvalue weighted by Crippen LogP contribution is -2.39. The van der Waals surface area contributed by atoms with Crippen LogP contribution in [0, 0.1) is 0 Å². The number of piperidine rings is 1. The number of hydrogen-bond donors (Lipinski definition) is 1. The van der Waals surface area contributed by atoms with Crippen molar-refractivity contribution in [1.82, 2.24) is 4.90 Å². The lowest BCUT2D eigenvalue weighted by atomic mass is 10.1. The third kappa shape index (κ3) is 6.06. The highest BCUT2D eigenvalue weighted by Crippen LogP contribution is 2.16. The van der Waals surface area contributed by atoms with Gasteiger partial charge in [-0.15, -0.1) is 0 Å². The van der Waals surface area contributed by atoms with Gasteiger partial charge in [-0.05, 0) is 50.0 Å². The van der Waals surface area contributed by atoms with Gasteiger partial charge in [0.05, 0.1) is 6.61 Å². The summed E-state index contributed by atoms with van der Waals surface area (Å²) in [6, 6.07) is 8.99. The fraction of sp³-hybridized carbons (Fsp3) is 0.667. The molecule has 0 aliphatic carbocycles. The van der Waals surface area contributed by atoms with Crippen LogP contribution in [-0.2, 0) is 6.54 Å². The van der Waals surface area contributed by atoms with E-state index in [0.29, 0.717) is 6.04 Å². The first kappa shape index (κ1) is 16.3. The molecule has 1 saturated heterocycles. The van der Waals surface area contributed by atoms with Crippen LogP contribution in [-0.4, -0.2) is 30.6 Å². The molecular formula is C18H30N2O. The van der Waals surface area contributed by atoms with E-state index in [1.165, 1.54) is 24.8 Å². The van der Waals surface area contributed by atoms with Gasteiger partial charge in [-0.25, -0.2) is 0 Å². The average molecular weight is 290 g/mol. The maximum absolute atomic E-state index is 5.94.